The Balaban J connectivity index is 0.000000641. The summed E-state index contributed by atoms with van der Waals surface area (Å²) < 4.78 is 0. The lowest BCUT2D eigenvalue weighted by atomic mass is 10.00. The van der Waals surface area contributed by atoms with E-state index in [-0.39, 0.29) is 0 Å². The van der Waals surface area contributed by atoms with Crippen molar-refractivity contribution in [2.45, 2.75) is 41.0 Å². The van der Waals surface area contributed by atoms with Gasteiger partial charge in [-0.15, -0.1) is 13.2 Å². The van der Waals surface area contributed by atoms with Gasteiger partial charge in [0.15, 0.2) is 0 Å². The van der Waals surface area contributed by atoms with Crippen LogP contribution in [0.2, 0.25) is 0 Å². The molecule has 0 saturated carbocycles. The molecule has 0 amide bonds. The highest BCUT2D eigenvalue weighted by Gasteiger charge is 1.99. The fraction of sp³-hybridized carbons (Fsp3) is 0.300. The maximum absolute atomic E-state index is 3.00. The van der Waals surface area contributed by atoms with Crippen LogP contribution in [0.15, 0.2) is 55.6 Å². The molecule has 0 bridgehead atoms. The van der Waals surface area contributed by atoms with Crippen molar-refractivity contribution >= 4 is 0 Å². The molecule has 0 radical (unpaired) electrons. The summed E-state index contributed by atoms with van der Waals surface area (Å²) in [6.45, 7) is 16.7. The third-order valence-corrected chi connectivity index (χ3v) is 2.57. The van der Waals surface area contributed by atoms with Crippen molar-refractivity contribution in [3.63, 3.8) is 0 Å². The van der Waals surface area contributed by atoms with Gasteiger partial charge in [-0.25, -0.2) is 0 Å². The van der Waals surface area contributed by atoms with E-state index in [0.29, 0.717) is 0 Å². The van der Waals surface area contributed by atoms with Crippen molar-refractivity contribution in [3.8, 4) is 11.1 Å². The Morgan fingerprint density at radius 1 is 0.700 bits per heavy atom. The Hall–Kier alpha value is -1.82. The molecule has 0 atom stereocenters. The minimum atomic E-state index is 1.25. The number of hydrogen-bond donors (Lipinski definition) is 0. The predicted octanol–water partition coefficient (Wildman–Crippen LogP) is 6.50. The number of benzene rings is 2. The summed E-state index contributed by atoms with van der Waals surface area (Å²) in [4.78, 5) is 0. The second-order valence-electron chi connectivity index (χ2n) is 4.95. The molecule has 0 aromatic heterocycles. The van der Waals surface area contributed by atoms with Crippen LogP contribution in [0.5, 0.6) is 0 Å². The van der Waals surface area contributed by atoms with E-state index in [1.807, 2.05) is 0 Å². The summed E-state index contributed by atoms with van der Waals surface area (Å²) in [5.74, 6) is 0. The molecule has 0 fully saturated rings. The zero-order valence-electron chi connectivity index (χ0n) is 13.7. The standard InChI is InChI=1S/C15H16.C3H8.C2H4/c1-11-5-4-6-14(8-11)15-9-12(2)7-13(3)10-15;1-3-2;1-2/h4-10H,1-3H3;3H2,1-2H3;1-2H2. The first-order valence-corrected chi connectivity index (χ1v) is 7.22. The molecular formula is C20H28. The van der Waals surface area contributed by atoms with Crippen molar-refractivity contribution in [1.82, 2.24) is 0 Å². The van der Waals surface area contributed by atoms with Crippen LogP contribution in [0.1, 0.15) is 37.0 Å². The van der Waals surface area contributed by atoms with Gasteiger partial charge < -0.3 is 0 Å². The summed E-state index contributed by atoms with van der Waals surface area (Å²) in [5.41, 5.74) is 6.59. The van der Waals surface area contributed by atoms with E-state index in [1.54, 1.807) is 0 Å². The molecule has 0 spiro atoms. The zero-order valence-corrected chi connectivity index (χ0v) is 13.7. The quantitative estimate of drug-likeness (QED) is 0.518. The Morgan fingerprint density at radius 2 is 1.15 bits per heavy atom. The molecule has 0 saturated heterocycles. The first-order chi connectivity index (χ1) is 9.56. The third kappa shape index (κ3) is 6.38. The van der Waals surface area contributed by atoms with E-state index in [9.17, 15) is 0 Å². The van der Waals surface area contributed by atoms with Crippen LogP contribution in [0, 0.1) is 20.8 Å². The molecule has 0 heteroatoms. The van der Waals surface area contributed by atoms with E-state index in [4.69, 9.17) is 0 Å². The van der Waals surface area contributed by atoms with E-state index in [0.717, 1.165) is 0 Å². The van der Waals surface area contributed by atoms with Crippen LogP contribution in [-0.4, -0.2) is 0 Å². The fourth-order valence-corrected chi connectivity index (χ4v) is 1.97. The molecule has 0 N–H and O–H groups in total. The lowest BCUT2D eigenvalue weighted by molar-refractivity contribution is 1.09. The minimum absolute atomic E-state index is 1.25. The second-order valence-corrected chi connectivity index (χ2v) is 4.95. The van der Waals surface area contributed by atoms with E-state index in [1.165, 1.54) is 34.2 Å². The molecule has 0 aliphatic rings. The van der Waals surface area contributed by atoms with Crippen molar-refractivity contribution < 1.29 is 0 Å². The lowest BCUT2D eigenvalue weighted by Crippen LogP contribution is -1.83. The zero-order chi connectivity index (χ0) is 15.5. The molecule has 20 heavy (non-hydrogen) atoms. The Morgan fingerprint density at radius 3 is 1.60 bits per heavy atom. The van der Waals surface area contributed by atoms with Gasteiger partial charge in [0.05, 0.1) is 0 Å². The molecule has 0 nitrogen and oxygen atoms in total. The molecule has 2 aromatic rings. The average molecular weight is 268 g/mol. The van der Waals surface area contributed by atoms with Crippen LogP contribution in [0.25, 0.3) is 11.1 Å². The van der Waals surface area contributed by atoms with Gasteiger partial charge in [0.2, 0.25) is 0 Å². The molecule has 0 aliphatic heterocycles. The van der Waals surface area contributed by atoms with E-state index in [2.05, 4.69) is 90.2 Å². The van der Waals surface area contributed by atoms with Crippen molar-refractivity contribution in [2.24, 2.45) is 0 Å². The van der Waals surface area contributed by atoms with Gasteiger partial charge in [0.1, 0.15) is 0 Å². The summed E-state index contributed by atoms with van der Waals surface area (Å²) >= 11 is 0. The van der Waals surface area contributed by atoms with Gasteiger partial charge in [-0.2, -0.15) is 0 Å². The van der Waals surface area contributed by atoms with Crippen LogP contribution in [0.4, 0.5) is 0 Å². The molecule has 2 aromatic carbocycles. The van der Waals surface area contributed by atoms with Crippen molar-refractivity contribution in [1.29, 1.82) is 0 Å². The average Bonchev–Trinajstić information content (AvgIpc) is 2.41. The highest BCUT2D eigenvalue weighted by Crippen LogP contribution is 2.22. The topological polar surface area (TPSA) is 0 Å². The van der Waals surface area contributed by atoms with E-state index >= 15 is 0 Å². The first-order valence-electron chi connectivity index (χ1n) is 7.22. The Labute approximate surface area is 125 Å². The summed E-state index contributed by atoms with van der Waals surface area (Å²) in [5, 5.41) is 0. The summed E-state index contributed by atoms with van der Waals surface area (Å²) in [7, 11) is 0. The smallest absolute Gasteiger partial charge is 0.0179 e. The normalized spacial score (nSPS) is 8.85. The van der Waals surface area contributed by atoms with Gasteiger partial charge in [-0.1, -0.05) is 79.4 Å². The van der Waals surface area contributed by atoms with Crippen LogP contribution < -0.4 is 0 Å². The first kappa shape index (κ1) is 18.2. The van der Waals surface area contributed by atoms with Crippen molar-refractivity contribution in [2.75, 3.05) is 0 Å². The van der Waals surface area contributed by atoms with Crippen LogP contribution >= 0.6 is 0 Å². The molecule has 108 valence electrons. The minimum Gasteiger partial charge on any atom is -0.106 e. The monoisotopic (exact) mass is 268 g/mol. The molecule has 2 rings (SSSR count). The maximum Gasteiger partial charge on any atom is -0.0179 e. The number of hydrogen-bond acceptors (Lipinski definition) is 0. The summed E-state index contributed by atoms with van der Waals surface area (Å²) in [6.07, 6.45) is 1.25. The SMILES string of the molecule is C=C.CCC.Cc1cccc(-c2cc(C)cc(C)c2)c1. The molecule has 0 unspecified atom stereocenters. The highest BCUT2D eigenvalue weighted by atomic mass is 14.0. The largest absolute Gasteiger partial charge is 0.106 e. The molecular weight excluding hydrogens is 240 g/mol. The van der Waals surface area contributed by atoms with Crippen LogP contribution in [0.3, 0.4) is 0 Å². The van der Waals surface area contributed by atoms with Gasteiger partial charge in [0, 0.05) is 0 Å². The van der Waals surface area contributed by atoms with Gasteiger partial charge in [-0.3, -0.25) is 0 Å². The third-order valence-electron chi connectivity index (χ3n) is 2.57. The molecule has 0 aliphatic carbocycles. The maximum atomic E-state index is 3.00. The second kappa shape index (κ2) is 10.0. The number of aryl methyl sites for hydroxylation is 3. The van der Waals surface area contributed by atoms with Crippen molar-refractivity contribution in [3.05, 3.63) is 72.3 Å². The fourth-order valence-electron chi connectivity index (χ4n) is 1.97. The molecule has 0 heterocycles. The lowest BCUT2D eigenvalue weighted by Gasteiger charge is -2.06. The van der Waals surface area contributed by atoms with E-state index < -0.39 is 0 Å². The Bertz CT molecular complexity index is 489. The van der Waals surface area contributed by atoms with Gasteiger partial charge in [-0.05, 0) is 31.9 Å². The number of rotatable bonds is 1. The Kier molecular flexibility index (Phi) is 9.11. The van der Waals surface area contributed by atoms with Crippen LogP contribution in [-0.2, 0) is 0 Å². The van der Waals surface area contributed by atoms with Gasteiger partial charge in [0.25, 0.3) is 0 Å². The van der Waals surface area contributed by atoms with Gasteiger partial charge >= 0.3 is 0 Å². The summed E-state index contributed by atoms with van der Waals surface area (Å²) in [6, 6.07) is 15.3. The predicted molar refractivity (Wildman–Crippen MR) is 93.3 cm³/mol. The highest BCUT2D eigenvalue weighted by molar-refractivity contribution is 5.65.